The third-order valence-electron chi connectivity index (χ3n) is 4.02. The van der Waals surface area contributed by atoms with Gasteiger partial charge in [-0.15, -0.1) is 0 Å². The molecule has 0 unspecified atom stereocenters. The minimum atomic E-state index is -0.400. The van der Waals surface area contributed by atoms with E-state index in [1.807, 2.05) is 18.2 Å². The number of carbonyl (C=O) groups excluding carboxylic acids is 2. The van der Waals surface area contributed by atoms with Gasteiger partial charge in [0.05, 0.1) is 19.1 Å². The number of carbonyl (C=O) groups is 2. The number of esters is 1. The lowest BCUT2D eigenvalue weighted by molar-refractivity contribution is -0.115. The number of halogens is 1. The van der Waals surface area contributed by atoms with Crippen molar-refractivity contribution in [3.63, 3.8) is 0 Å². The molecule has 0 atom stereocenters. The first-order valence-corrected chi connectivity index (χ1v) is 8.63. The highest BCUT2D eigenvalue weighted by atomic mass is 19.1. The van der Waals surface area contributed by atoms with Crippen LogP contribution in [0.25, 0.3) is 0 Å². The number of ether oxygens (including phenoxy) is 1. The number of methoxy groups -OCH3 is 1. The average Bonchev–Trinajstić information content (AvgIpc) is 2.71. The molecular weight excluding hydrogens is 359 g/mol. The summed E-state index contributed by atoms with van der Waals surface area (Å²) in [5.41, 5.74) is 3.40. The molecule has 0 saturated heterocycles. The summed E-state index contributed by atoms with van der Waals surface area (Å²) in [6.07, 6.45) is 0.167. The van der Waals surface area contributed by atoms with Crippen LogP contribution in [0.3, 0.4) is 0 Å². The molecule has 0 aliphatic carbocycles. The highest BCUT2D eigenvalue weighted by Gasteiger charge is 2.07. The van der Waals surface area contributed by atoms with Gasteiger partial charge in [-0.3, -0.25) is 4.79 Å². The predicted octanol–water partition coefficient (Wildman–Crippen LogP) is 4.54. The Hall–Kier alpha value is -3.67. The molecule has 0 spiro atoms. The minimum absolute atomic E-state index is 0.167. The molecule has 0 bridgehead atoms. The van der Waals surface area contributed by atoms with Gasteiger partial charge < -0.3 is 15.4 Å². The standard InChI is InChI=1S/C22H19FN2O3/c1-28-22(27)16-3-2-4-20(14-16)24-18-9-11-19(12-10-18)25-21(26)13-15-5-7-17(23)8-6-15/h2-12,14,24H,13H2,1H3,(H,25,26). The van der Waals surface area contributed by atoms with Crippen LogP contribution in [-0.4, -0.2) is 19.0 Å². The molecule has 0 radical (unpaired) electrons. The smallest absolute Gasteiger partial charge is 0.337 e. The molecular formula is C22H19FN2O3. The normalized spacial score (nSPS) is 10.2. The Labute approximate surface area is 162 Å². The second-order valence-electron chi connectivity index (χ2n) is 6.13. The fourth-order valence-corrected chi connectivity index (χ4v) is 2.64. The van der Waals surface area contributed by atoms with Gasteiger partial charge in [0.15, 0.2) is 0 Å². The maximum absolute atomic E-state index is 12.9. The molecule has 3 rings (SSSR count). The van der Waals surface area contributed by atoms with E-state index < -0.39 is 5.97 Å². The third kappa shape index (κ3) is 5.17. The summed E-state index contributed by atoms with van der Waals surface area (Å²) in [7, 11) is 1.34. The van der Waals surface area contributed by atoms with Crippen LogP contribution in [0.15, 0.2) is 72.8 Å². The van der Waals surface area contributed by atoms with E-state index in [1.54, 1.807) is 42.5 Å². The lowest BCUT2D eigenvalue weighted by atomic mass is 10.1. The van der Waals surface area contributed by atoms with Crippen molar-refractivity contribution >= 4 is 28.9 Å². The zero-order valence-corrected chi connectivity index (χ0v) is 15.2. The molecule has 0 aliphatic rings. The van der Waals surface area contributed by atoms with Gasteiger partial charge in [-0.1, -0.05) is 18.2 Å². The molecule has 5 nitrogen and oxygen atoms in total. The lowest BCUT2D eigenvalue weighted by Crippen LogP contribution is -2.14. The summed E-state index contributed by atoms with van der Waals surface area (Å²) in [4.78, 5) is 23.7. The van der Waals surface area contributed by atoms with Crippen LogP contribution in [0.1, 0.15) is 15.9 Å². The van der Waals surface area contributed by atoms with Crippen LogP contribution in [0.5, 0.6) is 0 Å². The first-order valence-electron chi connectivity index (χ1n) is 8.63. The van der Waals surface area contributed by atoms with Crippen molar-refractivity contribution in [2.75, 3.05) is 17.7 Å². The molecule has 1 amide bonds. The summed E-state index contributed by atoms with van der Waals surface area (Å²) < 4.78 is 17.6. The topological polar surface area (TPSA) is 67.4 Å². The number of amides is 1. The van der Waals surface area contributed by atoms with Crippen molar-refractivity contribution in [3.8, 4) is 0 Å². The fraction of sp³-hybridized carbons (Fsp3) is 0.0909. The zero-order valence-electron chi connectivity index (χ0n) is 15.2. The number of anilines is 3. The Morgan fingerprint density at radius 1 is 0.893 bits per heavy atom. The van der Waals surface area contributed by atoms with E-state index in [1.165, 1.54) is 19.2 Å². The van der Waals surface area contributed by atoms with Crippen molar-refractivity contribution in [1.29, 1.82) is 0 Å². The first-order chi connectivity index (χ1) is 13.5. The number of nitrogens with one attached hydrogen (secondary N) is 2. The maximum atomic E-state index is 12.9. The average molecular weight is 378 g/mol. The number of hydrogen-bond donors (Lipinski definition) is 2. The van der Waals surface area contributed by atoms with E-state index in [-0.39, 0.29) is 18.1 Å². The molecule has 0 heterocycles. The highest BCUT2D eigenvalue weighted by molar-refractivity contribution is 5.92. The number of rotatable bonds is 6. The summed E-state index contributed by atoms with van der Waals surface area (Å²) >= 11 is 0. The van der Waals surface area contributed by atoms with Gasteiger partial charge in [0.2, 0.25) is 5.91 Å². The molecule has 0 aromatic heterocycles. The Kier molecular flexibility index (Phi) is 6.01. The van der Waals surface area contributed by atoms with Crippen LogP contribution in [-0.2, 0) is 16.0 Å². The van der Waals surface area contributed by atoms with Crippen molar-refractivity contribution in [2.24, 2.45) is 0 Å². The Balaban J connectivity index is 1.59. The Bertz CT molecular complexity index is 970. The van der Waals surface area contributed by atoms with Gasteiger partial charge in [0.1, 0.15) is 5.82 Å². The summed E-state index contributed by atoms with van der Waals surface area (Å²) in [6, 6.07) is 20.0. The fourth-order valence-electron chi connectivity index (χ4n) is 2.64. The van der Waals surface area contributed by atoms with Crippen LogP contribution >= 0.6 is 0 Å². The molecule has 3 aromatic carbocycles. The molecule has 2 N–H and O–H groups in total. The van der Waals surface area contributed by atoms with E-state index >= 15 is 0 Å². The first kappa shape index (κ1) is 19.1. The summed E-state index contributed by atoms with van der Waals surface area (Å²) in [5, 5.41) is 6.00. The van der Waals surface area contributed by atoms with Gasteiger partial charge in [-0.25, -0.2) is 9.18 Å². The molecule has 6 heteroatoms. The molecule has 28 heavy (non-hydrogen) atoms. The van der Waals surface area contributed by atoms with Crippen molar-refractivity contribution < 1.29 is 18.7 Å². The van der Waals surface area contributed by atoms with Gasteiger partial charge in [-0.05, 0) is 60.2 Å². The molecule has 0 fully saturated rings. The Morgan fingerprint density at radius 2 is 1.57 bits per heavy atom. The van der Waals surface area contributed by atoms with Crippen molar-refractivity contribution in [1.82, 2.24) is 0 Å². The number of benzene rings is 3. The van der Waals surface area contributed by atoms with Gasteiger partial charge >= 0.3 is 5.97 Å². The van der Waals surface area contributed by atoms with E-state index in [0.717, 1.165) is 16.9 Å². The third-order valence-corrected chi connectivity index (χ3v) is 4.02. The maximum Gasteiger partial charge on any atom is 0.337 e. The summed E-state index contributed by atoms with van der Waals surface area (Å²) in [6.45, 7) is 0. The highest BCUT2D eigenvalue weighted by Crippen LogP contribution is 2.20. The molecule has 142 valence electrons. The molecule has 3 aromatic rings. The molecule has 0 aliphatic heterocycles. The van der Waals surface area contributed by atoms with Gasteiger partial charge in [0, 0.05) is 17.1 Å². The van der Waals surface area contributed by atoms with Gasteiger partial charge in [0.25, 0.3) is 0 Å². The van der Waals surface area contributed by atoms with E-state index in [0.29, 0.717) is 11.3 Å². The van der Waals surface area contributed by atoms with Crippen molar-refractivity contribution in [2.45, 2.75) is 6.42 Å². The number of hydrogen-bond acceptors (Lipinski definition) is 4. The SMILES string of the molecule is COC(=O)c1cccc(Nc2ccc(NC(=O)Cc3ccc(F)cc3)cc2)c1. The second-order valence-corrected chi connectivity index (χ2v) is 6.13. The second kappa shape index (κ2) is 8.81. The van der Waals surface area contributed by atoms with Crippen LogP contribution in [0.4, 0.5) is 21.5 Å². The van der Waals surface area contributed by atoms with Crippen LogP contribution in [0.2, 0.25) is 0 Å². The predicted molar refractivity (Wildman–Crippen MR) is 106 cm³/mol. The van der Waals surface area contributed by atoms with E-state index in [2.05, 4.69) is 10.6 Å². The quantitative estimate of drug-likeness (QED) is 0.618. The summed E-state index contributed by atoms with van der Waals surface area (Å²) in [5.74, 6) is -0.912. The van der Waals surface area contributed by atoms with E-state index in [4.69, 9.17) is 4.74 Å². The Morgan fingerprint density at radius 3 is 2.25 bits per heavy atom. The monoisotopic (exact) mass is 378 g/mol. The largest absolute Gasteiger partial charge is 0.465 e. The van der Waals surface area contributed by atoms with Crippen LogP contribution < -0.4 is 10.6 Å². The molecule has 0 saturated carbocycles. The zero-order chi connectivity index (χ0) is 19.9. The van der Waals surface area contributed by atoms with E-state index in [9.17, 15) is 14.0 Å². The lowest BCUT2D eigenvalue weighted by Gasteiger charge is -2.10. The van der Waals surface area contributed by atoms with Crippen LogP contribution in [0, 0.1) is 5.82 Å². The minimum Gasteiger partial charge on any atom is -0.465 e. The van der Waals surface area contributed by atoms with Crippen molar-refractivity contribution in [3.05, 3.63) is 89.7 Å². The van der Waals surface area contributed by atoms with Gasteiger partial charge in [-0.2, -0.15) is 0 Å².